The van der Waals surface area contributed by atoms with Gasteiger partial charge in [0.1, 0.15) is 0 Å². The minimum atomic E-state index is -0.0647. The molecule has 1 heterocycles. The summed E-state index contributed by atoms with van der Waals surface area (Å²) in [5, 5.41) is 0. The Kier molecular flexibility index (Phi) is 2.26. The lowest BCUT2D eigenvalue weighted by atomic mass is 9.82. The number of aromatic amines is 2. The third-order valence-corrected chi connectivity index (χ3v) is 3.52. The maximum absolute atomic E-state index is 11.9. The van der Waals surface area contributed by atoms with Gasteiger partial charge in [-0.15, -0.1) is 0 Å². The van der Waals surface area contributed by atoms with E-state index < -0.39 is 0 Å². The van der Waals surface area contributed by atoms with Gasteiger partial charge < -0.3 is 4.98 Å². The van der Waals surface area contributed by atoms with Crippen molar-refractivity contribution in [3.8, 4) is 11.3 Å². The largest absolute Gasteiger partial charge is 0.331 e. The van der Waals surface area contributed by atoms with Crippen molar-refractivity contribution < 1.29 is 0 Å². The first kappa shape index (κ1) is 10.5. The molecule has 3 nitrogen and oxygen atoms in total. The molecule has 1 unspecified atom stereocenters. The minimum Gasteiger partial charge on any atom is -0.331 e. The molecule has 0 spiro atoms. The maximum atomic E-state index is 11.9. The Bertz CT molecular complexity index is 699. The van der Waals surface area contributed by atoms with Crippen molar-refractivity contribution in [3.05, 3.63) is 50.5 Å². The van der Waals surface area contributed by atoms with Gasteiger partial charge in [0, 0.05) is 11.1 Å². The summed E-state index contributed by atoms with van der Waals surface area (Å²) in [5.41, 5.74) is 4.00. The zero-order chi connectivity index (χ0) is 12.0. The van der Waals surface area contributed by atoms with Crippen molar-refractivity contribution in [2.24, 2.45) is 0 Å². The second-order valence-corrected chi connectivity index (χ2v) is 4.86. The Balaban J connectivity index is 2.41. The van der Waals surface area contributed by atoms with Gasteiger partial charge in [0.05, 0.1) is 5.69 Å². The van der Waals surface area contributed by atoms with Crippen LogP contribution in [-0.4, -0.2) is 9.97 Å². The minimum absolute atomic E-state index is 0.0647. The van der Waals surface area contributed by atoms with Gasteiger partial charge in [0.25, 0.3) is 5.56 Å². The van der Waals surface area contributed by atoms with Gasteiger partial charge in [-0.1, -0.05) is 31.2 Å². The van der Waals surface area contributed by atoms with E-state index in [9.17, 15) is 4.79 Å². The highest BCUT2D eigenvalue weighted by Gasteiger charge is 2.23. The lowest BCUT2D eigenvalue weighted by Gasteiger charge is -2.23. The molecule has 3 rings (SSSR count). The average Bonchev–Trinajstić information content (AvgIpc) is 2.31. The molecule has 1 aliphatic rings. The van der Waals surface area contributed by atoms with Gasteiger partial charge in [-0.25, -0.2) is 0 Å². The fourth-order valence-corrected chi connectivity index (χ4v) is 2.70. The number of fused-ring (bicyclic) bond motifs is 3. The van der Waals surface area contributed by atoms with Gasteiger partial charge in [-0.05, 0) is 30.1 Å². The molecule has 0 fully saturated rings. The van der Waals surface area contributed by atoms with Crippen LogP contribution < -0.4 is 5.56 Å². The van der Waals surface area contributed by atoms with Gasteiger partial charge in [0.2, 0.25) is 0 Å². The van der Waals surface area contributed by atoms with Crippen LogP contribution in [0.1, 0.15) is 24.0 Å². The van der Waals surface area contributed by atoms with Crippen molar-refractivity contribution in [2.45, 2.75) is 19.3 Å². The van der Waals surface area contributed by atoms with Crippen molar-refractivity contribution >= 4 is 12.2 Å². The quantitative estimate of drug-likeness (QED) is 0.700. The Labute approximate surface area is 104 Å². The fraction of sp³-hybridized carbons (Fsp3) is 0.231. The van der Waals surface area contributed by atoms with E-state index in [2.05, 4.69) is 23.0 Å². The number of H-pyrrole nitrogens is 2. The van der Waals surface area contributed by atoms with Gasteiger partial charge in [0.15, 0.2) is 4.77 Å². The van der Waals surface area contributed by atoms with Crippen LogP contribution >= 0.6 is 12.2 Å². The summed E-state index contributed by atoms with van der Waals surface area (Å²) in [6.45, 7) is 2.14. The second kappa shape index (κ2) is 3.67. The van der Waals surface area contributed by atoms with E-state index in [-0.39, 0.29) is 5.56 Å². The van der Waals surface area contributed by atoms with Crippen molar-refractivity contribution in [2.75, 3.05) is 0 Å². The topological polar surface area (TPSA) is 48.6 Å². The van der Waals surface area contributed by atoms with Crippen LogP contribution in [0.2, 0.25) is 0 Å². The van der Waals surface area contributed by atoms with Gasteiger partial charge in [-0.3, -0.25) is 9.78 Å². The lowest BCUT2D eigenvalue weighted by molar-refractivity contribution is 0.732. The first-order valence-corrected chi connectivity index (χ1v) is 6.02. The Morgan fingerprint density at radius 1 is 1.29 bits per heavy atom. The maximum Gasteiger partial charge on any atom is 0.255 e. The zero-order valence-corrected chi connectivity index (χ0v) is 10.2. The highest BCUT2D eigenvalue weighted by Crippen LogP contribution is 2.36. The van der Waals surface area contributed by atoms with Crippen molar-refractivity contribution in [3.63, 3.8) is 0 Å². The van der Waals surface area contributed by atoms with Gasteiger partial charge >= 0.3 is 0 Å². The molecule has 1 aliphatic carbocycles. The second-order valence-electron chi connectivity index (χ2n) is 4.45. The van der Waals surface area contributed by atoms with E-state index in [1.54, 1.807) is 0 Å². The molecule has 1 aromatic carbocycles. The smallest absolute Gasteiger partial charge is 0.255 e. The van der Waals surface area contributed by atoms with Gasteiger partial charge in [-0.2, -0.15) is 0 Å². The first-order valence-electron chi connectivity index (χ1n) is 5.61. The number of aromatic nitrogens is 2. The lowest BCUT2D eigenvalue weighted by Crippen LogP contribution is -2.21. The molecule has 2 aromatic rings. The molecule has 17 heavy (non-hydrogen) atoms. The van der Waals surface area contributed by atoms with Crippen LogP contribution in [0.25, 0.3) is 11.3 Å². The van der Waals surface area contributed by atoms with Crippen LogP contribution in [0, 0.1) is 4.77 Å². The predicted octanol–water partition coefficient (Wildman–Crippen LogP) is 2.76. The standard InChI is InChI=1S/C13H12N2OS/c1-7-6-10-11(14-13(17)15-12(10)16)9-5-3-2-4-8(7)9/h2-5,7H,6H2,1H3,(H2,14,15,16,17). The predicted molar refractivity (Wildman–Crippen MR) is 69.8 cm³/mol. The summed E-state index contributed by atoms with van der Waals surface area (Å²) in [5.74, 6) is 0.365. The van der Waals surface area contributed by atoms with E-state index in [4.69, 9.17) is 12.2 Å². The number of rotatable bonds is 0. The van der Waals surface area contributed by atoms with Crippen LogP contribution in [0.3, 0.4) is 0 Å². The SMILES string of the molecule is CC1Cc2c([nH]c(=S)[nH]c2=O)-c2ccccc21. The van der Waals surface area contributed by atoms with Crippen LogP contribution in [0.15, 0.2) is 29.1 Å². The third-order valence-electron chi connectivity index (χ3n) is 3.31. The summed E-state index contributed by atoms with van der Waals surface area (Å²) in [7, 11) is 0. The molecule has 0 saturated carbocycles. The highest BCUT2D eigenvalue weighted by molar-refractivity contribution is 7.71. The van der Waals surface area contributed by atoms with Crippen molar-refractivity contribution in [1.29, 1.82) is 0 Å². The van der Waals surface area contributed by atoms with Crippen LogP contribution in [0.5, 0.6) is 0 Å². The number of benzene rings is 1. The molecule has 2 N–H and O–H groups in total. The summed E-state index contributed by atoms with van der Waals surface area (Å²) in [6.07, 6.45) is 0.758. The van der Waals surface area contributed by atoms with Crippen molar-refractivity contribution in [1.82, 2.24) is 9.97 Å². The third kappa shape index (κ3) is 1.56. The van der Waals surface area contributed by atoms with E-state index in [1.807, 2.05) is 18.2 Å². The molecule has 0 aliphatic heterocycles. The average molecular weight is 244 g/mol. The van der Waals surface area contributed by atoms with E-state index in [0.29, 0.717) is 10.7 Å². The zero-order valence-electron chi connectivity index (χ0n) is 9.41. The van der Waals surface area contributed by atoms with E-state index in [0.717, 1.165) is 23.2 Å². The van der Waals surface area contributed by atoms with E-state index >= 15 is 0 Å². The summed E-state index contributed by atoms with van der Waals surface area (Å²) in [6, 6.07) is 8.16. The molecule has 1 aromatic heterocycles. The van der Waals surface area contributed by atoms with Crippen LogP contribution in [-0.2, 0) is 6.42 Å². The monoisotopic (exact) mass is 244 g/mol. The normalized spacial score (nSPS) is 17.4. The fourth-order valence-electron chi connectivity index (χ4n) is 2.51. The number of nitrogens with one attached hydrogen (secondary N) is 2. The molecule has 0 saturated heterocycles. The summed E-state index contributed by atoms with van der Waals surface area (Å²) >= 11 is 5.03. The Morgan fingerprint density at radius 2 is 2.06 bits per heavy atom. The molecule has 0 bridgehead atoms. The first-order chi connectivity index (χ1) is 8.16. The summed E-state index contributed by atoms with van der Waals surface area (Å²) in [4.78, 5) is 17.7. The number of hydrogen-bond donors (Lipinski definition) is 2. The molecule has 86 valence electrons. The number of hydrogen-bond acceptors (Lipinski definition) is 2. The molecular formula is C13H12N2OS. The Hall–Kier alpha value is -1.68. The molecule has 1 atom stereocenters. The summed E-state index contributed by atoms with van der Waals surface area (Å²) < 4.78 is 0.387. The molecule has 0 amide bonds. The molecule has 4 heteroatoms. The van der Waals surface area contributed by atoms with Crippen LogP contribution in [0.4, 0.5) is 0 Å². The molecular weight excluding hydrogens is 232 g/mol. The Morgan fingerprint density at radius 3 is 2.88 bits per heavy atom. The highest BCUT2D eigenvalue weighted by atomic mass is 32.1. The molecule has 0 radical (unpaired) electrons. The van der Waals surface area contributed by atoms with E-state index in [1.165, 1.54) is 5.56 Å².